The summed E-state index contributed by atoms with van der Waals surface area (Å²) in [6.45, 7) is 2.15. The molecular weight excluding hydrogens is 396 g/mol. The zero-order chi connectivity index (χ0) is 19.9. The van der Waals surface area contributed by atoms with Gasteiger partial charge in [-0.3, -0.25) is 4.79 Å². The molecule has 1 heterocycles. The number of hydrogen-bond donors (Lipinski definition) is 2. The molecule has 0 unspecified atom stereocenters. The van der Waals surface area contributed by atoms with Gasteiger partial charge in [0.1, 0.15) is 17.3 Å². The first kappa shape index (κ1) is 19.9. The fourth-order valence-corrected chi connectivity index (χ4v) is 2.79. The first-order chi connectivity index (χ1) is 13.5. The summed E-state index contributed by atoms with van der Waals surface area (Å²) < 4.78 is 11.3. The summed E-state index contributed by atoms with van der Waals surface area (Å²) in [7, 11) is 0. The van der Waals surface area contributed by atoms with Crippen LogP contribution in [-0.4, -0.2) is 17.6 Å². The number of hydrogen-bond acceptors (Lipinski definition) is 4. The molecule has 0 fully saturated rings. The predicted octanol–water partition coefficient (Wildman–Crippen LogP) is 4.48. The maximum atomic E-state index is 12.0. The van der Waals surface area contributed by atoms with Gasteiger partial charge in [-0.05, 0) is 67.2 Å². The Morgan fingerprint density at radius 2 is 1.86 bits per heavy atom. The Balaban J connectivity index is 1.44. The van der Waals surface area contributed by atoms with Gasteiger partial charge in [-0.2, -0.15) is 0 Å². The normalized spacial score (nSPS) is 10.4. The van der Waals surface area contributed by atoms with Crippen molar-refractivity contribution in [1.29, 1.82) is 0 Å². The van der Waals surface area contributed by atoms with Crippen LogP contribution in [0.4, 0.5) is 0 Å². The van der Waals surface area contributed by atoms with E-state index in [-0.39, 0.29) is 17.6 Å². The highest BCUT2D eigenvalue weighted by molar-refractivity contribution is 7.80. The lowest BCUT2D eigenvalue weighted by atomic mass is 10.2. The molecule has 28 heavy (non-hydrogen) atoms. The van der Waals surface area contributed by atoms with Crippen molar-refractivity contribution in [2.45, 2.75) is 13.5 Å². The van der Waals surface area contributed by atoms with E-state index in [4.69, 9.17) is 33.0 Å². The van der Waals surface area contributed by atoms with E-state index in [0.29, 0.717) is 23.1 Å². The first-order valence-corrected chi connectivity index (χ1v) is 9.40. The van der Waals surface area contributed by atoms with Gasteiger partial charge in [0, 0.05) is 10.6 Å². The molecule has 0 aliphatic carbocycles. The van der Waals surface area contributed by atoms with E-state index in [1.165, 1.54) is 0 Å². The van der Waals surface area contributed by atoms with Gasteiger partial charge in [0.2, 0.25) is 0 Å². The minimum Gasteiger partial charge on any atom is -0.483 e. The standard InChI is InChI=1S/C21H19ClN2O3S/c1-14-4-2-3-5-18(14)26-13-20(25)24-21(28)23-12-17-10-11-19(27-17)15-6-8-16(22)9-7-15/h2-11H,12-13H2,1H3,(H2,23,24,25,28). The third kappa shape index (κ3) is 5.58. The second-order valence-corrected chi connectivity index (χ2v) is 6.90. The Morgan fingerprint density at radius 1 is 1.11 bits per heavy atom. The van der Waals surface area contributed by atoms with Crippen LogP contribution >= 0.6 is 23.8 Å². The average molecular weight is 415 g/mol. The second kappa shape index (κ2) is 9.39. The molecule has 0 saturated carbocycles. The fourth-order valence-electron chi connectivity index (χ4n) is 2.48. The summed E-state index contributed by atoms with van der Waals surface area (Å²) in [5.41, 5.74) is 1.89. The minimum absolute atomic E-state index is 0.117. The lowest BCUT2D eigenvalue weighted by Gasteiger charge is -2.10. The molecule has 2 N–H and O–H groups in total. The summed E-state index contributed by atoms with van der Waals surface area (Å²) in [4.78, 5) is 12.0. The van der Waals surface area contributed by atoms with Crippen LogP contribution in [0.3, 0.4) is 0 Å². The van der Waals surface area contributed by atoms with Gasteiger partial charge >= 0.3 is 0 Å². The number of rotatable bonds is 6. The molecule has 0 bridgehead atoms. The number of carbonyl (C=O) groups is 1. The smallest absolute Gasteiger partial charge is 0.264 e. The quantitative estimate of drug-likeness (QED) is 0.582. The Hall–Kier alpha value is -2.83. The predicted molar refractivity (Wildman–Crippen MR) is 113 cm³/mol. The molecule has 0 atom stereocenters. The van der Waals surface area contributed by atoms with Crippen molar-refractivity contribution < 1.29 is 13.9 Å². The van der Waals surface area contributed by atoms with Crippen LogP contribution in [0.5, 0.6) is 5.75 Å². The van der Waals surface area contributed by atoms with Gasteiger partial charge in [0.05, 0.1) is 6.54 Å². The fraction of sp³-hybridized carbons (Fsp3) is 0.143. The summed E-state index contributed by atoms with van der Waals surface area (Å²) in [6, 6.07) is 18.6. The minimum atomic E-state index is -0.331. The number of furan rings is 1. The summed E-state index contributed by atoms with van der Waals surface area (Å²) >= 11 is 11.0. The topological polar surface area (TPSA) is 63.5 Å². The molecule has 2 aromatic carbocycles. The number of nitrogens with one attached hydrogen (secondary N) is 2. The van der Waals surface area contributed by atoms with Crippen LogP contribution in [0.1, 0.15) is 11.3 Å². The second-order valence-electron chi connectivity index (χ2n) is 6.06. The number of para-hydroxylation sites is 1. The van der Waals surface area contributed by atoms with E-state index < -0.39 is 0 Å². The maximum absolute atomic E-state index is 12.0. The van der Waals surface area contributed by atoms with Crippen molar-refractivity contribution in [3.63, 3.8) is 0 Å². The van der Waals surface area contributed by atoms with Crippen LogP contribution in [0.15, 0.2) is 65.1 Å². The Kier molecular flexibility index (Phi) is 6.68. The average Bonchev–Trinajstić information content (AvgIpc) is 3.15. The number of aryl methyl sites for hydroxylation is 1. The molecule has 0 saturated heterocycles. The number of benzene rings is 2. The van der Waals surface area contributed by atoms with Crippen LogP contribution < -0.4 is 15.4 Å². The third-order valence-corrected chi connectivity index (χ3v) is 4.42. The molecule has 3 rings (SSSR count). The van der Waals surface area contributed by atoms with Crippen molar-refractivity contribution in [1.82, 2.24) is 10.6 Å². The van der Waals surface area contributed by atoms with Gasteiger partial charge in [0.15, 0.2) is 11.7 Å². The zero-order valence-corrected chi connectivity index (χ0v) is 16.8. The van der Waals surface area contributed by atoms with Crippen LogP contribution in [-0.2, 0) is 11.3 Å². The van der Waals surface area contributed by atoms with Crippen LogP contribution in [0.2, 0.25) is 5.02 Å². The van der Waals surface area contributed by atoms with Crippen molar-refractivity contribution in [3.05, 3.63) is 77.0 Å². The highest BCUT2D eigenvalue weighted by Crippen LogP contribution is 2.23. The molecule has 1 aromatic heterocycles. The summed E-state index contributed by atoms with van der Waals surface area (Å²) in [5, 5.41) is 6.41. The van der Waals surface area contributed by atoms with Crippen molar-refractivity contribution >= 4 is 34.8 Å². The molecule has 0 radical (unpaired) electrons. The van der Waals surface area contributed by atoms with Crippen molar-refractivity contribution in [3.8, 4) is 17.1 Å². The molecule has 0 aliphatic heterocycles. The van der Waals surface area contributed by atoms with Gasteiger partial charge in [-0.25, -0.2) is 0 Å². The largest absolute Gasteiger partial charge is 0.483 e. The molecular formula is C21H19ClN2O3S. The lowest BCUT2D eigenvalue weighted by Crippen LogP contribution is -2.41. The highest BCUT2D eigenvalue weighted by Gasteiger charge is 2.09. The Bertz CT molecular complexity index is 970. The zero-order valence-electron chi connectivity index (χ0n) is 15.2. The number of halogens is 1. The van der Waals surface area contributed by atoms with Crippen LogP contribution in [0.25, 0.3) is 11.3 Å². The summed E-state index contributed by atoms with van der Waals surface area (Å²) in [6.07, 6.45) is 0. The van der Waals surface area contributed by atoms with Gasteiger partial charge in [0.25, 0.3) is 5.91 Å². The van der Waals surface area contributed by atoms with Crippen LogP contribution in [0, 0.1) is 6.92 Å². The Labute approximate surface area is 173 Å². The Morgan fingerprint density at radius 3 is 2.61 bits per heavy atom. The number of amides is 1. The monoisotopic (exact) mass is 414 g/mol. The van der Waals surface area contributed by atoms with Gasteiger partial charge < -0.3 is 19.8 Å². The van der Waals surface area contributed by atoms with E-state index >= 15 is 0 Å². The van der Waals surface area contributed by atoms with Crippen molar-refractivity contribution in [2.24, 2.45) is 0 Å². The molecule has 0 spiro atoms. The van der Waals surface area contributed by atoms with Gasteiger partial charge in [-0.1, -0.05) is 29.8 Å². The molecule has 0 aliphatic rings. The lowest BCUT2D eigenvalue weighted by molar-refractivity contribution is -0.121. The SMILES string of the molecule is Cc1ccccc1OCC(=O)NC(=S)NCc1ccc(-c2ccc(Cl)cc2)o1. The van der Waals surface area contributed by atoms with E-state index in [0.717, 1.165) is 16.9 Å². The van der Waals surface area contributed by atoms with E-state index in [2.05, 4.69) is 10.6 Å². The van der Waals surface area contributed by atoms with E-state index in [1.807, 2.05) is 55.5 Å². The number of carbonyl (C=O) groups excluding carboxylic acids is 1. The summed E-state index contributed by atoms with van der Waals surface area (Å²) in [5.74, 6) is 1.76. The maximum Gasteiger partial charge on any atom is 0.264 e. The number of thiocarbonyl (C=S) groups is 1. The van der Waals surface area contributed by atoms with Gasteiger partial charge in [-0.15, -0.1) is 0 Å². The molecule has 5 nitrogen and oxygen atoms in total. The third-order valence-electron chi connectivity index (χ3n) is 3.92. The van der Waals surface area contributed by atoms with E-state index in [9.17, 15) is 4.79 Å². The molecule has 144 valence electrons. The highest BCUT2D eigenvalue weighted by atomic mass is 35.5. The van der Waals surface area contributed by atoms with E-state index in [1.54, 1.807) is 12.1 Å². The number of ether oxygens (including phenoxy) is 1. The molecule has 3 aromatic rings. The molecule has 1 amide bonds. The van der Waals surface area contributed by atoms with Crippen molar-refractivity contribution in [2.75, 3.05) is 6.61 Å². The first-order valence-electron chi connectivity index (χ1n) is 8.62. The molecule has 7 heteroatoms.